The Labute approximate surface area is 113 Å². The van der Waals surface area contributed by atoms with E-state index < -0.39 is 17.4 Å². The predicted molar refractivity (Wildman–Crippen MR) is 72.7 cm³/mol. The van der Waals surface area contributed by atoms with Gasteiger partial charge in [-0.3, -0.25) is 4.79 Å². The molecule has 0 aromatic heterocycles. The van der Waals surface area contributed by atoms with Crippen molar-refractivity contribution in [3.8, 4) is 11.1 Å². The van der Waals surface area contributed by atoms with Crippen molar-refractivity contribution in [1.29, 1.82) is 0 Å². The molecule has 0 aliphatic heterocycles. The fourth-order valence-corrected chi connectivity index (χ4v) is 2.91. The van der Waals surface area contributed by atoms with E-state index in [1.54, 1.807) is 24.3 Å². The minimum absolute atomic E-state index is 0.0381. The molecule has 3 aromatic carbocycles. The van der Waals surface area contributed by atoms with Crippen molar-refractivity contribution >= 4 is 16.6 Å². The Kier molecular flexibility index (Phi) is 2.11. The quantitative estimate of drug-likeness (QED) is 0.463. The summed E-state index contributed by atoms with van der Waals surface area (Å²) in [5.41, 5.74) is 1.09. The summed E-state index contributed by atoms with van der Waals surface area (Å²) in [5, 5.41) is 1.23. The van der Waals surface area contributed by atoms with Gasteiger partial charge in [0.1, 0.15) is 11.6 Å². The lowest BCUT2D eigenvalue weighted by molar-refractivity contribution is 0.103. The van der Waals surface area contributed by atoms with E-state index in [0.29, 0.717) is 10.9 Å². The highest BCUT2D eigenvalue weighted by Gasteiger charge is 2.29. The molecule has 1 nitrogen and oxygen atoms in total. The van der Waals surface area contributed by atoms with Crippen LogP contribution in [0.4, 0.5) is 8.78 Å². The molecule has 0 saturated carbocycles. The molecule has 0 fully saturated rings. The normalized spacial score (nSPS) is 12.6. The first-order valence-electron chi connectivity index (χ1n) is 6.23. The lowest BCUT2D eigenvalue weighted by atomic mass is 9.82. The molecule has 96 valence electrons. The van der Waals surface area contributed by atoms with Crippen molar-refractivity contribution in [1.82, 2.24) is 0 Å². The molecule has 0 saturated heterocycles. The average molecular weight is 266 g/mol. The predicted octanol–water partition coefficient (Wildman–Crippen LogP) is 4.33. The molecule has 1 aliphatic rings. The van der Waals surface area contributed by atoms with Crippen molar-refractivity contribution in [3.05, 3.63) is 71.3 Å². The van der Waals surface area contributed by atoms with E-state index >= 15 is 0 Å². The van der Waals surface area contributed by atoms with Crippen LogP contribution in [0.15, 0.2) is 48.5 Å². The molecule has 0 heterocycles. The Bertz CT molecular complexity index is 897. The van der Waals surface area contributed by atoms with Crippen molar-refractivity contribution in [2.75, 3.05) is 0 Å². The second kappa shape index (κ2) is 3.73. The van der Waals surface area contributed by atoms with Gasteiger partial charge in [-0.15, -0.1) is 0 Å². The maximum Gasteiger partial charge on any atom is 0.197 e. The average Bonchev–Trinajstić information content (AvgIpc) is 2.45. The highest BCUT2D eigenvalue weighted by atomic mass is 19.1. The van der Waals surface area contributed by atoms with E-state index in [2.05, 4.69) is 0 Å². The van der Waals surface area contributed by atoms with Crippen LogP contribution in [0.25, 0.3) is 21.9 Å². The summed E-state index contributed by atoms with van der Waals surface area (Å²) >= 11 is 0. The topological polar surface area (TPSA) is 17.1 Å². The minimum atomic E-state index is -0.565. The van der Waals surface area contributed by atoms with Gasteiger partial charge in [0, 0.05) is 16.5 Å². The molecular formula is C17H8F2O. The lowest BCUT2D eigenvalue weighted by Gasteiger charge is -2.20. The van der Waals surface area contributed by atoms with Crippen LogP contribution in [0.1, 0.15) is 15.9 Å². The molecule has 0 amide bonds. The van der Waals surface area contributed by atoms with Gasteiger partial charge in [0.2, 0.25) is 0 Å². The first kappa shape index (κ1) is 11.3. The number of fused-ring (bicyclic) bond motifs is 2. The fraction of sp³-hybridized carbons (Fsp3) is 0. The van der Waals surface area contributed by atoms with Gasteiger partial charge in [0.25, 0.3) is 0 Å². The van der Waals surface area contributed by atoms with Gasteiger partial charge >= 0.3 is 0 Å². The number of carbonyl (C=O) groups excluding carboxylic acids is 1. The zero-order valence-corrected chi connectivity index (χ0v) is 10.3. The number of rotatable bonds is 0. The van der Waals surface area contributed by atoms with E-state index in [1.165, 1.54) is 24.3 Å². The molecule has 0 atom stereocenters. The summed E-state index contributed by atoms with van der Waals surface area (Å²) in [6, 6.07) is 12.5. The number of halogens is 2. The molecule has 1 aliphatic carbocycles. The monoisotopic (exact) mass is 266 g/mol. The number of hydrogen-bond donors (Lipinski definition) is 0. The maximum absolute atomic E-state index is 14.1. The number of ketones is 1. The van der Waals surface area contributed by atoms with Crippen LogP contribution in [0.3, 0.4) is 0 Å². The first-order valence-corrected chi connectivity index (χ1v) is 6.23. The largest absolute Gasteiger partial charge is 0.288 e. The summed E-state index contributed by atoms with van der Waals surface area (Å²) in [4.78, 5) is 12.5. The van der Waals surface area contributed by atoms with Crippen molar-refractivity contribution in [2.24, 2.45) is 0 Å². The van der Waals surface area contributed by atoms with Crippen molar-refractivity contribution < 1.29 is 13.6 Å². The Morgan fingerprint density at radius 2 is 1.40 bits per heavy atom. The molecular weight excluding hydrogens is 258 g/mol. The van der Waals surface area contributed by atoms with Crippen LogP contribution in [0.2, 0.25) is 0 Å². The molecule has 0 bridgehead atoms. The van der Waals surface area contributed by atoms with Gasteiger partial charge < -0.3 is 0 Å². The molecule has 20 heavy (non-hydrogen) atoms. The van der Waals surface area contributed by atoms with Gasteiger partial charge in [0.05, 0.1) is 5.56 Å². The third-order valence-electron chi connectivity index (χ3n) is 3.75. The first-order chi connectivity index (χ1) is 9.68. The van der Waals surface area contributed by atoms with Gasteiger partial charge in [-0.1, -0.05) is 36.4 Å². The number of carbonyl (C=O) groups is 1. The Morgan fingerprint density at radius 1 is 0.700 bits per heavy atom. The highest BCUT2D eigenvalue weighted by Crippen LogP contribution is 2.41. The maximum atomic E-state index is 14.1. The van der Waals surface area contributed by atoms with Crippen molar-refractivity contribution in [3.63, 3.8) is 0 Å². The van der Waals surface area contributed by atoms with Gasteiger partial charge in [-0.2, -0.15) is 0 Å². The molecule has 4 rings (SSSR count). The van der Waals surface area contributed by atoms with Crippen LogP contribution in [0, 0.1) is 11.6 Å². The fourth-order valence-electron chi connectivity index (χ4n) is 2.91. The Hall–Kier alpha value is -2.55. The van der Waals surface area contributed by atoms with E-state index in [4.69, 9.17) is 0 Å². The van der Waals surface area contributed by atoms with Gasteiger partial charge in [0.15, 0.2) is 5.78 Å². The van der Waals surface area contributed by atoms with Crippen molar-refractivity contribution in [2.45, 2.75) is 0 Å². The van der Waals surface area contributed by atoms with Gasteiger partial charge in [-0.25, -0.2) is 8.78 Å². The minimum Gasteiger partial charge on any atom is -0.288 e. The van der Waals surface area contributed by atoms with E-state index in [-0.39, 0.29) is 16.7 Å². The second-order valence-electron chi connectivity index (χ2n) is 4.82. The van der Waals surface area contributed by atoms with E-state index in [9.17, 15) is 13.6 Å². The van der Waals surface area contributed by atoms with Gasteiger partial charge in [-0.05, 0) is 23.1 Å². The van der Waals surface area contributed by atoms with Crippen LogP contribution in [-0.2, 0) is 0 Å². The molecule has 3 heteroatoms. The zero-order chi connectivity index (χ0) is 13.9. The molecule has 0 unspecified atom stereocenters. The van der Waals surface area contributed by atoms with Crippen LogP contribution in [-0.4, -0.2) is 5.78 Å². The zero-order valence-electron chi connectivity index (χ0n) is 10.3. The smallest absolute Gasteiger partial charge is 0.197 e. The Morgan fingerprint density at radius 3 is 2.25 bits per heavy atom. The Balaban J connectivity index is 2.31. The van der Waals surface area contributed by atoms with Crippen LogP contribution in [0.5, 0.6) is 0 Å². The summed E-state index contributed by atoms with van der Waals surface area (Å²) in [6.07, 6.45) is 0. The molecule has 3 aromatic rings. The van der Waals surface area contributed by atoms with Crippen LogP contribution >= 0.6 is 0 Å². The summed E-state index contributed by atoms with van der Waals surface area (Å²) in [5.74, 6) is -1.48. The number of benzene rings is 3. The highest BCUT2D eigenvalue weighted by molar-refractivity contribution is 6.26. The summed E-state index contributed by atoms with van der Waals surface area (Å²) in [6.45, 7) is 0. The third kappa shape index (κ3) is 1.27. The standard InChI is InChI=1S/C17H8F2O/c18-12-6-2-5-11-15(12)10-4-1-3-9-7-8-13(19)16(14(9)10)17(11)20/h1-8H. The molecule has 0 N–H and O–H groups in total. The SMILES string of the molecule is O=C1c2cccc(F)c2-c2cccc3ccc(F)c1c23. The van der Waals surface area contributed by atoms with Crippen LogP contribution < -0.4 is 0 Å². The summed E-state index contributed by atoms with van der Waals surface area (Å²) < 4.78 is 28.2. The summed E-state index contributed by atoms with van der Waals surface area (Å²) in [7, 11) is 0. The van der Waals surface area contributed by atoms with E-state index in [0.717, 1.165) is 5.39 Å². The number of hydrogen-bond acceptors (Lipinski definition) is 1. The van der Waals surface area contributed by atoms with E-state index in [1.807, 2.05) is 0 Å². The second-order valence-corrected chi connectivity index (χ2v) is 4.82. The molecule has 0 spiro atoms. The lowest BCUT2D eigenvalue weighted by Crippen LogP contribution is -2.13. The molecule has 0 radical (unpaired) electrons. The third-order valence-corrected chi connectivity index (χ3v) is 3.75.